The molecule has 1 aromatic heterocycles. The highest BCUT2D eigenvalue weighted by Gasteiger charge is 2.41. The van der Waals surface area contributed by atoms with Gasteiger partial charge in [-0.15, -0.1) is 11.8 Å². The average molecular weight is 569 g/mol. The van der Waals surface area contributed by atoms with E-state index < -0.39 is 41.7 Å². The third-order valence-corrected chi connectivity index (χ3v) is 8.48. The van der Waals surface area contributed by atoms with Crippen molar-refractivity contribution in [2.45, 2.75) is 43.4 Å². The number of halogens is 5. The molecule has 1 aliphatic rings. The Labute approximate surface area is 227 Å². The van der Waals surface area contributed by atoms with Gasteiger partial charge in [-0.3, -0.25) is 9.78 Å². The number of hydrogen-bond donors (Lipinski definition) is 1. The fourth-order valence-corrected chi connectivity index (χ4v) is 6.05. The number of carboxylic acid groups (broad SMARTS) is 1. The van der Waals surface area contributed by atoms with Crippen LogP contribution in [-0.4, -0.2) is 53.5 Å². The number of fused-ring (bicyclic) bond motifs is 1. The van der Waals surface area contributed by atoms with Gasteiger partial charge in [-0.05, 0) is 57.0 Å². The molecule has 3 aromatic rings. The van der Waals surface area contributed by atoms with E-state index in [1.807, 2.05) is 4.90 Å². The quantitative estimate of drug-likeness (QED) is 0.201. The first kappa shape index (κ1) is 29.1. The number of hydrogen-bond acceptors (Lipinski definition) is 5. The number of likely N-dealkylation sites (tertiary alicyclic amines) is 1. The van der Waals surface area contributed by atoms with Gasteiger partial charge in [0.05, 0.1) is 22.9 Å². The van der Waals surface area contributed by atoms with Gasteiger partial charge in [0, 0.05) is 47.1 Å². The number of thioether (sulfide) groups is 1. The van der Waals surface area contributed by atoms with Gasteiger partial charge in [0.15, 0.2) is 0 Å². The summed E-state index contributed by atoms with van der Waals surface area (Å²) in [6, 6.07) is 6.22. The molecule has 0 spiro atoms. The summed E-state index contributed by atoms with van der Waals surface area (Å²) in [5, 5.41) is 10.5. The normalized spacial score (nSPS) is 16.4. The standard InChI is InChI=1S/C28H29F5N2O3S/c1-38-19-2-3-24-20(14-19)25(17(15-29)16-34-24)21(31)4-5-28(27(36)37)6-8-35(9-7-28)10-11-39-26-22(32)12-18(30)13-23(26)33/h2-3,12-14,16,21H,4-11,15H2,1H3,(H,36,37)/t21-/m1/s1. The summed E-state index contributed by atoms with van der Waals surface area (Å²) in [4.78, 5) is 18.2. The molecule has 11 heteroatoms. The predicted octanol–water partition coefficient (Wildman–Crippen LogP) is 6.88. The van der Waals surface area contributed by atoms with E-state index in [9.17, 15) is 27.5 Å². The first-order valence-electron chi connectivity index (χ1n) is 12.6. The number of piperidine rings is 1. The second-order valence-corrected chi connectivity index (χ2v) is 10.8. The van der Waals surface area contributed by atoms with Crippen LogP contribution in [0.4, 0.5) is 22.0 Å². The zero-order valence-electron chi connectivity index (χ0n) is 21.4. The van der Waals surface area contributed by atoms with Gasteiger partial charge in [0.25, 0.3) is 0 Å². The maximum Gasteiger partial charge on any atom is 0.309 e. The van der Waals surface area contributed by atoms with E-state index in [-0.39, 0.29) is 41.7 Å². The minimum atomic E-state index is -1.60. The van der Waals surface area contributed by atoms with Crippen molar-refractivity contribution in [1.29, 1.82) is 0 Å². The largest absolute Gasteiger partial charge is 0.497 e. The Morgan fingerprint density at radius 2 is 1.87 bits per heavy atom. The fraction of sp³-hybridized carbons (Fsp3) is 0.429. The Bertz CT molecular complexity index is 1310. The van der Waals surface area contributed by atoms with E-state index in [1.54, 1.807) is 18.2 Å². The third kappa shape index (κ3) is 6.46. The van der Waals surface area contributed by atoms with Crippen molar-refractivity contribution < 1.29 is 36.6 Å². The van der Waals surface area contributed by atoms with Crippen molar-refractivity contribution in [2.24, 2.45) is 5.41 Å². The second kappa shape index (κ2) is 12.5. The van der Waals surface area contributed by atoms with Gasteiger partial charge in [0.1, 0.15) is 36.0 Å². The lowest BCUT2D eigenvalue weighted by molar-refractivity contribution is -0.153. The van der Waals surface area contributed by atoms with Gasteiger partial charge < -0.3 is 14.7 Å². The summed E-state index contributed by atoms with van der Waals surface area (Å²) < 4.78 is 75.6. The number of aliphatic carboxylic acids is 1. The van der Waals surface area contributed by atoms with Gasteiger partial charge in [-0.1, -0.05) is 0 Å². The molecular formula is C28H29F5N2O3S. The lowest BCUT2D eigenvalue weighted by Crippen LogP contribution is -2.45. The van der Waals surface area contributed by atoms with Crippen molar-refractivity contribution >= 4 is 28.6 Å². The summed E-state index contributed by atoms with van der Waals surface area (Å²) in [7, 11) is 1.47. The number of carbonyl (C=O) groups is 1. The molecule has 1 atom stereocenters. The van der Waals surface area contributed by atoms with Crippen molar-refractivity contribution in [1.82, 2.24) is 9.88 Å². The Morgan fingerprint density at radius 1 is 1.18 bits per heavy atom. The first-order chi connectivity index (χ1) is 18.7. The molecule has 0 bridgehead atoms. The summed E-state index contributed by atoms with van der Waals surface area (Å²) in [6.07, 6.45) is 0.232. The third-order valence-electron chi connectivity index (χ3n) is 7.42. The molecule has 0 amide bonds. The number of alkyl halides is 2. The molecule has 0 radical (unpaired) electrons. The summed E-state index contributed by atoms with van der Waals surface area (Å²) in [5.74, 6) is -3.10. The molecule has 5 nitrogen and oxygen atoms in total. The number of rotatable bonds is 11. The van der Waals surface area contributed by atoms with E-state index in [1.165, 1.54) is 13.3 Å². The van der Waals surface area contributed by atoms with Gasteiger partial charge in [-0.25, -0.2) is 22.0 Å². The average Bonchev–Trinajstić information content (AvgIpc) is 2.92. The van der Waals surface area contributed by atoms with Crippen LogP contribution in [0.15, 0.2) is 41.4 Å². The highest BCUT2D eigenvalue weighted by atomic mass is 32.2. The lowest BCUT2D eigenvalue weighted by Gasteiger charge is -2.39. The number of carboxylic acids is 1. The lowest BCUT2D eigenvalue weighted by atomic mass is 9.74. The SMILES string of the molecule is COc1ccc2ncc(CF)c([C@H](F)CCC3(C(=O)O)CCN(CCSc4c(F)cc(F)cc4F)CC3)c2c1. The van der Waals surface area contributed by atoms with E-state index in [0.717, 1.165) is 11.8 Å². The Kier molecular flexibility index (Phi) is 9.32. The van der Waals surface area contributed by atoms with Crippen LogP contribution in [0.2, 0.25) is 0 Å². The van der Waals surface area contributed by atoms with Crippen LogP contribution in [0, 0.1) is 22.9 Å². The van der Waals surface area contributed by atoms with Crippen LogP contribution in [-0.2, 0) is 11.5 Å². The number of methoxy groups -OCH3 is 1. The number of ether oxygens (including phenoxy) is 1. The molecule has 2 heterocycles. The Morgan fingerprint density at radius 3 is 2.49 bits per heavy atom. The van der Waals surface area contributed by atoms with Crippen molar-refractivity contribution in [3.63, 3.8) is 0 Å². The van der Waals surface area contributed by atoms with Crippen LogP contribution >= 0.6 is 11.8 Å². The number of benzene rings is 2. The molecule has 210 valence electrons. The fourth-order valence-electron chi connectivity index (χ4n) is 5.10. The topological polar surface area (TPSA) is 62.7 Å². The van der Waals surface area contributed by atoms with Crippen LogP contribution in [0.1, 0.15) is 43.0 Å². The molecule has 2 aromatic carbocycles. The molecule has 4 rings (SSSR count). The highest BCUT2D eigenvalue weighted by molar-refractivity contribution is 7.99. The minimum Gasteiger partial charge on any atom is -0.497 e. The molecule has 0 aliphatic carbocycles. The van der Waals surface area contributed by atoms with Crippen LogP contribution in [0.25, 0.3) is 10.9 Å². The number of pyridine rings is 1. The van der Waals surface area contributed by atoms with Gasteiger partial charge in [-0.2, -0.15) is 0 Å². The van der Waals surface area contributed by atoms with E-state index >= 15 is 4.39 Å². The summed E-state index contributed by atoms with van der Waals surface area (Å²) >= 11 is 0.932. The Balaban J connectivity index is 1.39. The maximum absolute atomic E-state index is 15.7. The molecular weight excluding hydrogens is 539 g/mol. The monoisotopic (exact) mass is 568 g/mol. The van der Waals surface area contributed by atoms with Crippen molar-refractivity contribution in [3.05, 3.63) is 65.1 Å². The first-order valence-corrected chi connectivity index (χ1v) is 13.5. The van der Waals surface area contributed by atoms with Gasteiger partial charge >= 0.3 is 5.97 Å². The van der Waals surface area contributed by atoms with Crippen LogP contribution in [0.3, 0.4) is 0 Å². The predicted molar refractivity (Wildman–Crippen MR) is 139 cm³/mol. The zero-order chi connectivity index (χ0) is 28.2. The molecule has 1 N–H and O–H groups in total. The zero-order valence-corrected chi connectivity index (χ0v) is 22.2. The smallest absolute Gasteiger partial charge is 0.309 e. The maximum atomic E-state index is 15.7. The number of nitrogens with zero attached hydrogens (tertiary/aromatic N) is 2. The van der Waals surface area contributed by atoms with E-state index in [0.29, 0.717) is 54.2 Å². The minimum absolute atomic E-state index is 0.0671. The highest BCUT2D eigenvalue weighted by Crippen LogP contribution is 2.42. The Hall–Kier alpha value is -2.92. The summed E-state index contributed by atoms with van der Waals surface area (Å²) in [6.45, 7) is 0.387. The van der Waals surface area contributed by atoms with Gasteiger partial charge in [0.2, 0.25) is 0 Å². The molecule has 1 aliphatic heterocycles. The van der Waals surface area contributed by atoms with Crippen LogP contribution < -0.4 is 4.74 Å². The second-order valence-electron chi connectivity index (χ2n) is 9.69. The molecule has 1 saturated heterocycles. The van der Waals surface area contributed by atoms with E-state index in [4.69, 9.17) is 4.74 Å². The van der Waals surface area contributed by atoms with Crippen LogP contribution in [0.5, 0.6) is 5.75 Å². The molecule has 0 saturated carbocycles. The van der Waals surface area contributed by atoms with Crippen molar-refractivity contribution in [2.75, 3.05) is 32.5 Å². The molecule has 0 unspecified atom stereocenters. The molecule has 1 fully saturated rings. The summed E-state index contributed by atoms with van der Waals surface area (Å²) in [5.41, 5.74) is -0.365. The van der Waals surface area contributed by atoms with E-state index in [2.05, 4.69) is 4.98 Å². The number of aromatic nitrogens is 1. The van der Waals surface area contributed by atoms with Crippen molar-refractivity contribution in [3.8, 4) is 5.75 Å². The molecule has 39 heavy (non-hydrogen) atoms.